The zero-order chi connectivity index (χ0) is 17.5. The summed E-state index contributed by atoms with van der Waals surface area (Å²) in [4.78, 5) is 0. The van der Waals surface area contributed by atoms with Crippen molar-refractivity contribution in [3.05, 3.63) is 34.9 Å². The maximum atomic E-state index is 10.7. The first-order valence-electron chi connectivity index (χ1n) is 9.24. The van der Waals surface area contributed by atoms with Gasteiger partial charge in [0.1, 0.15) is 17.1 Å². The highest BCUT2D eigenvalue weighted by Crippen LogP contribution is 2.53. The molecule has 3 nitrogen and oxygen atoms in total. The highest BCUT2D eigenvalue weighted by atomic mass is 16.5. The molecule has 0 radical (unpaired) electrons. The predicted molar refractivity (Wildman–Crippen MR) is 96.7 cm³/mol. The third kappa shape index (κ3) is 3.06. The molecular formula is C21H30O3. The predicted octanol–water partition coefficient (Wildman–Crippen LogP) is 4.71. The van der Waals surface area contributed by atoms with Gasteiger partial charge in [-0.2, -0.15) is 0 Å². The topological polar surface area (TPSA) is 49.7 Å². The van der Waals surface area contributed by atoms with Gasteiger partial charge < -0.3 is 14.9 Å². The number of aliphatic hydroxyl groups excluding tert-OH is 1. The van der Waals surface area contributed by atoms with Crippen LogP contribution in [0, 0.1) is 5.92 Å². The molecule has 0 saturated heterocycles. The molecule has 0 spiro atoms. The molecule has 1 aromatic rings. The number of hydrogen-bond acceptors (Lipinski definition) is 3. The van der Waals surface area contributed by atoms with Gasteiger partial charge in [0.05, 0.1) is 6.10 Å². The van der Waals surface area contributed by atoms with Crippen LogP contribution < -0.4 is 4.74 Å². The molecule has 2 aliphatic rings. The summed E-state index contributed by atoms with van der Waals surface area (Å²) in [6.07, 6.45) is 6.89. The van der Waals surface area contributed by atoms with Crippen molar-refractivity contribution in [1.82, 2.24) is 0 Å². The number of phenols is 1. The number of aryl methyl sites for hydroxylation is 1. The average molecular weight is 330 g/mol. The lowest BCUT2D eigenvalue weighted by atomic mass is 9.67. The van der Waals surface area contributed by atoms with Crippen LogP contribution in [0.25, 0.3) is 0 Å². The number of rotatable bonds is 4. The van der Waals surface area contributed by atoms with Gasteiger partial charge in [0.25, 0.3) is 0 Å². The molecule has 2 unspecified atom stereocenters. The van der Waals surface area contributed by atoms with Gasteiger partial charge in [-0.3, -0.25) is 0 Å². The average Bonchev–Trinajstić information content (AvgIpc) is 2.49. The van der Waals surface area contributed by atoms with Crippen molar-refractivity contribution >= 4 is 0 Å². The van der Waals surface area contributed by atoms with E-state index in [1.165, 1.54) is 12.8 Å². The quantitative estimate of drug-likeness (QED) is 0.621. The fourth-order valence-corrected chi connectivity index (χ4v) is 4.25. The van der Waals surface area contributed by atoms with Crippen molar-refractivity contribution in [2.45, 2.75) is 77.4 Å². The van der Waals surface area contributed by atoms with Gasteiger partial charge in [0.15, 0.2) is 0 Å². The standard InChI is InChI=1S/C21H30O3/c1-5-6-7-8-14-10-18(23)20-15-9-13(2)17(22)12-16(15)21(3,4)24-19(20)11-14/h9-11,15-17,22-23H,5-8,12H2,1-4H3/t15?,16?,17-/m1/s1. The molecule has 0 bridgehead atoms. The van der Waals surface area contributed by atoms with E-state index in [4.69, 9.17) is 4.74 Å². The normalized spacial score (nSPS) is 27.7. The number of benzene rings is 1. The summed E-state index contributed by atoms with van der Waals surface area (Å²) >= 11 is 0. The maximum absolute atomic E-state index is 10.7. The molecule has 0 aromatic heterocycles. The molecule has 3 heteroatoms. The number of allylic oxidation sites excluding steroid dienone is 1. The fourth-order valence-electron chi connectivity index (χ4n) is 4.25. The lowest BCUT2D eigenvalue weighted by Crippen LogP contribution is -2.47. The summed E-state index contributed by atoms with van der Waals surface area (Å²) in [5.74, 6) is 1.43. The smallest absolute Gasteiger partial charge is 0.127 e. The summed E-state index contributed by atoms with van der Waals surface area (Å²) in [5, 5.41) is 20.9. The van der Waals surface area contributed by atoms with Crippen LogP contribution in [0.5, 0.6) is 11.5 Å². The fraction of sp³-hybridized carbons (Fsp3) is 0.619. The van der Waals surface area contributed by atoms with Gasteiger partial charge in [0.2, 0.25) is 0 Å². The number of ether oxygens (including phenoxy) is 1. The van der Waals surface area contributed by atoms with E-state index in [1.54, 1.807) is 0 Å². The molecule has 1 heterocycles. The minimum absolute atomic E-state index is 0.108. The Morgan fingerprint density at radius 3 is 2.71 bits per heavy atom. The molecular weight excluding hydrogens is 300 g/mol. The van der Waals surface area contributed by atoms with E-state index in [-0.39, 0.29) is 17.4 Å². The monoisotopic (exact) mass is 330 g/mol. The number of phenolic OH excluding ortho intramolecular Hbond substituents is 1. The lowest BCUT2D eigenvalue weighted by molar-refractivity contribution is -0.00919. The van der Waals surface area contributed by atoms with Crippen LogP contribution >= 0.6 is 0 Å². The summed E-state index contributed by atoms with van der Waals surface area (Å²) in [7, 11) is 0. The largest absolute Gasteiger partial charge is 0.507 e. The molecule has 132 valence electrons. The molecule has 1 aliphatic heterocycles. The summed E-state index contributed by atoms with van der Waals surface area (Å²) in [5.41, 5.74) is 2.67. The van der Waals surface area contributed by atoms with E-state index < -0.39 is 6.10 Å². The first-order valence-corrected chi connectivity index (χ1v) is 9.24. The Hall–Kier alpha value is -1.48. The first kappa shape index (κ1) is 17.3. The molecule has 3 rings (SSSR count). The first-order chi connectivity index (χ1) is 11.3. The second-order valence-electron chi connectivity index (χ2n) is 7.98. The second kappa shape index (κ2) is 6.44. The van der Waals surface area contributed by atoms with Gasteiger partial charge in [-0.15, -0.1) is 0 Å². The van der Waals surface area contributed by atoms with Crippen LogP contribution in [0.4, 0.5) is 0 Å². The summed E-state index contributed by atoms with van der Waals surface area (Å²) < 4.78 is 6.30. The number of aliphatic hydroxyl groups is 1. The Bertz CT molecular complexity index is 645. The van der Waals surface area contributed by atoms with Crippen LogP contribution in [0.3, 0.4) is 0 Å². The third-order valence-corrected chi connectivity index (χ3v) is 5.73. The van der Waals surface area contributed by atoms with Gasteiger partial charge in [-0.05, 0) is 63.3 Å². The van der Waals surface area contributed by atoms with Crippen LogP contribution in [-0.4, -0.2) is 21.9 Å². The minimum atomic E-state index is -0.411. The van der Waals surface area contributed by atoms with E-state index in [1.807, 2.05) is 13.0 Å². The van der Waals surface area contributed by atoms with Crippen LogP contribution in [0.1, 0.15) is 70.4 Å². The van der Waals surface area contributed by atoms with Crippen molar-refractivity contribution in [2.75, 3.05) is 0 Å². The number of unbranched alkanes of at least 4 members (excludes halogenated alkanes) is 2. The molecule has 24 heavy (non-hydrogen) atoms. The van der Waals surface area contributed by atoms with E-state index >= 15 is 0 Å². The van der Waals surface area contributed by atoms with Crippen molar-refractivity contribution in [3.63, 3.8) is 0 Å². The zero-order valence-corrected chi connectivity index (χ0v) is 15.3. The van der Waals surface area contributed by atoms with Crippen LogP contribution in [0.2, 0.25) is 0 Å². The van der Waals surface area contributed by atoms with E-state index in [0.29, 0.717) is 12.2 Å². The van der Waals surface area contributed by atoms with Crippen molar-refractivity contribution in [2.24, 2.45) is 5.92 Å². The van der Waals surface area contributed by atoms with Crippen LogP contribution in [0.15, 0.2) is 23.8 Å². The Kier molecular flexibility index (Phi) is 4.65. The van der Waals surface area contributed by atoms with Crippen LogP contribution in [-0.2, 0) is 6.42 Å². The Labute approximate surface area is 145 Å². The molecule has 3 atom stereocenters. The highest BCUT2D eigenvalue weighted by molar-refractivity contribution is 5.54. The van der Waals surface area contributed by atoms with Gasteiger partial charge in [-0.25, -0.2) is 0 Å². The Morgan fingerprint density at radius 2 is 2.00 bits per heavy atom. The zero-order valence-electron chi connectivity index (χ0n) is 15.3. The van der Waals surface area contributed by atoms with E-state index in [2.05, 4.69) is 32.9 Å². The SMILES string of the molecule is CCCCCc1cc(O)c2c(c1)OC(C)(C)C1C[C@@H](O)C(C)=CC21. The highest BCUT2D eigenvalue weighted by Gasteiger charge is 2.47. The molecule has 0 saturated carbocycles. The number of hydrogen-bond donors (Lipinski definition) is 2. The van der Waals surface area contributed by atoms with Gasteiger partial charge >= 0.3 is 0 Å². The molecule has 0 fully saturated rings. The molecule has 2 N–H and O–H groups in total. The number of aromatic hydroxyl groups is 1. The lowest BCUT2D eigenvalue weighted by Gasteiger charge is -2.47. The van der Waals surface area contributed by atoms with Crippen molar-refractivity contribution in [1.29, 1.82) is 0 Å². The van der Waals surface area contributed by atoms with Gasteiger partial charge in [-0.1, -0.05) is 25.8 Å². The maximum Gasteiger partial charge on any atom is 0.127 e. The molecule has 1 aliphatic carbocycles. The van der Waals surface area contributed by atoms with E-state index in [9.17, 15) is 10.2 Å². The molecule has 1 aromatic carbocycles. The van der Waals surface area contributed by atoms with Gasteiger partial charge in [0, 0.05) is 17.4 Å². The Morgan fingerprint density at radius 1 is 1.25 bits per heavy atom. The van der Waals surface area contributed by atoms with Crippen molar-refractivity contribution in [3.8, 4) is 11.5 Å². The summed E-state index contributed by atoms with van der Waals surface area (Å²) in [6, 6.07) is 4.01. The van der Waals surface area contributed by atoms with E-state index in [0.717, 1.165) is 35.3 Å². The third-order valence-electron chi connectivity index (χ3n) is 5.73. The van der Waals surface area contributed by atoms with Crippen molar-refractivity contribution < 1.29 is 14.9 Å². The minimum Gasteiger partial charge on any atom is -0.507 e. The Balaban J connectivity index is 2.00. The second-order valence-corrected chi connectivity index (χ2v) is 7.98. The molecule has 0 amide bonds. The number of fused-ring (bicyclic) bond motifs is 3. The summed E-state index contributed by atoms with van der Waals surface area (Å²) in [6.45, 7) is 8.35.